The number of hydrogen-bond acceptors (Lipinski definition) is 3. The maximum atomic E-state index is 5.22. The van der Waals surface area contributed by atoms with Gasteiger partial charge in [-0.15, -0.1) is 0 Å². The van der Waals surface area contributed by atoms with Crippen molar-refractivity contribution in [2.75, 3.05) is 14.2 Å². The number of rotatable bonds is 4. The van der Waals surface area contributed by atoms with Crippen LogP contribution in [0.2, 0.25) is 0 Å². The van der Waals surface area contributed by atoms with Crippen molar-refractivity contribution in [3.63, 3.8) is 0 Å². The van der Waals surface area contributed by atoms with E-state index in [0.29, 0.717) is 12.1 Å². The molecule has 2 fully saturated rings. The molecule has 0 aromatic heterocycles. The lowest BCUT2D eigenvalue weighted by atomic mass is 9.96. The van der Waals surface area contributed by atoms with E-state index >= 15 is 0 Å². The van der Waals surface area contributed by atoms with Gasteiger partial charge in [0, 0.05) is 24.2 Å². The van der Waals surface area contributed by atoms with Crippen LogP contribution in [0.15, 0.2) is 24.3 Å². The average Bonchev–Trinajstić information content (AvgIpc) is 2.69. The van der Waals surface area contributed by atoms with Crippen LogP contribution in [0.1, 0.15) is 44.2 Å². The Labute approximate surface area is 122 Å². The summed E-state index contributed by atoms with van der Waals surface area (Å²) >= 11 is 0. The van der Waals surface area contributed by atoms with Crippen molar-refractivity contribution in [1.29, 1.82) is 0 Å². The van der Waals surface area contributed by atoms with Crippen molar-refractivity contribution in [3.8, 4) is 5.75 Å². The fraction of sp³-hybridized carbons (Fsp3) is 0.647. The summed E-state index contributed by atoms with van der Waals surface area (Å²) in [5, 5.41) is 3.83. The molecule has 3 rings (SSSR count). The summed E-state index contributed by atoms with van der Waals surface area (Å²) in [6.45, 7) is 2.27. The summed E-state index contributed by atoms with van der Waals surface area (Å²) in [4.78, 5) is 2.59. The molecule has 0 aliphatic carbocycles. The van der Waals surface area contributed by atoms with Gasteiger partial charge in [0.15, 0.2) is 0 Å². The van der Waals surface area contributed by atoms with Gasteiger partial charge in [-0.2, -0.15) is 0 Å². The van der Waals surface area contributed by atoms with Crippen molar-refractivity contribution < 1.29 is 4.74 Å². The number of nitrogens with zero attached hydrogens (tertiary/aromatic N) is 1. The van der Waals surface area contributed by atoms with Crippen molar-refractivity contribution in [1.82, 2.24) is 10.2 Å². The summed E-state index contributed by atoms with van der Waals surface area (Å²) in [5.41, 5.74) is 1.34. The number of piperidine rings is 1. The first-order valence-electron chi connectivity index (χ1n) is 7.79. The van der Waals surface area contributed by atoms with E-state index in [9.17, 15) is 0 Å². The Morgan fingerprint density at radius 2 is 1.75 bits per heavy atom. The second-order valence-electron chi connectivity index (χ2n) is 6.38. The largest absolute Gasteiger partial charge is 0.497 e. The Bertz CT molecular complexity index is 431. The van der Waals surface area contributed by atoms with Crippen LogP contribution >= 0.6 is 0 Å². The molecule has 110 valence electrons. The molecule has 1 aromatic carbocycles. The lowest BCUT2D eigenvalue weighted by Gasteiger charge is -2.38. The highest BCUT2D eigenvalue weighted by molar-refractivity contribution is 5.28. The predicted molar refractivity (Wildman–Crippen MR) is 82.1 cm³/mol. The molecule has 2 unspecified atom stereocenters. The topological polar surface area (TPSA) is 24.5 Å². The van der Waals surface area contributed by atoms with Crippen LogP contribution in [0.25, 0.3) is 0 Å². The number of benzene rings is 1. The molecule has 2 bridgehead atoms. The zero-order valence-electron chi connectivity index (χ0n) is 12.8. The van der Waals surface area contributed by atoms with Crippen molar-refractivity contribution in [3.05, 3.63) is 29.8 Å². The van der Waals surface area contributed by atoms with E-state index in [1.807, 2.05) is 12.1 Å². The normalized spacial score (nSPS) is 31.2. The minimum Gasteiger partial charge on any atom is -0.497 e. The highest BCUT2D eigenvalue weighted by Crippen LogP contribution is 2.35. The molecule has 0 saturated carbocycles. The molecular weight excluding hydrogens is 248 g/mol. The molecule has 1 N–H and O–H groups in total. The molecule has 2 aliphatic heterocycles. The lowest BCUT2D eigenvalue weighted by Crippen LogP contribution is -2.47. The number of ether oxygens (including phenoxy) is 1. The monoisotopic (exact) mass is 274 g/mol. The summed E-state index contributed by atoms with van der Waals surface area (Å²) in [7, 11) is 4.01. The fourth-order valence-corrected chi connectivity index (χ4v) is 3.89. The first-order valence-corrected chi connectivity index (χ1v) is 7.79. The quantitative estimate of drug-likeness (QED) is 0.913. The molecule has 20 heavy (non-hydrogen) atoms. The smallest absolute Gasteiger partial charge is 0.118 e. The molecule has 2 saturated heterocycles. The SMILES string of the molecule is COc1ccc([C@@H](C)NC2CC3CCC(C2)N3C)cc1. The molecule has 3 atom stereocenters. The Morgan fingerprint density at radius 1 is 1.15 bits per heavy atom. The van der Waals surface area contributed by atoms with Gasteiger partial charge >= 0.3 is 0 Å². The van der Waals surface area contributed by atoms with Gasteiger partial charge in [-0.25, -0.2) is 0 Å². The first kappa shape index (κ1) is 13.9. The third-order valence-electron chi connectivity index (χ3n) is 5.20. The van der Waals surface area contributed by atoms with E-state index in [-0.39, 0.29) is 0 Å². The molecule has 0 amide bonds. The molecule has 1 aromatic rings. The second-order valence-corrected chi connectivity index (χ2v) is 6.38. The standard InChI is InChI=1S/C17H26N2O/c1-12(13-4-8-17(20-3)9-5-13)18-14-10-15-6-7-16(11-14)19(15)2/h4-5,8-9,12,14-16,18H,6-7,10-11H2,1-3H3/t12-,14?,15?,16?/m1/s1. The van der Waals surface area contributed by atoms with Crippen LogP contribution < -0.4 is 10.1 Å². The van der Waals surface area contributed by atoms with Crippen molar-refractivity contribution in [2.45, 2.75) is 56.8 Å². The summed E-state index contributed by atoms with van der Waals surface area (Å²) in [6.07, 6.45) is 5.37. The Balaban J connectivity index is 1.60. The fourth-order valence-electron chi connectivity index (χ4n) is 3.89. The van der Waals surface area contributed by atoms with Crippen LogP contribution in [0.3, 0.4) is 0 Å². The van der Waals surface area contributed by atoms with Crippen LogP contribution in [0.5, 0.6) is 5.75 Å². The van der Waals surface area contributed by atoms with E-state index in [2.05, 4.69) is 36.3 Å². The summed E-state index contributed by atoms with van der Waals surface area (Å²) in [6, 6.07) is 11.1. The van der Waals surface area contributed by atoms with Gasteiger partial charge in [0.2, 0.25) is 0 Å². The highest BCUT2D eigenvalue weighted by atomic mass is 16.5. The van der Waals surface area contributed by atoms with E-state index < -0.39 is 0 Å². The van der Waals surface area contributed by atoms with Gasteiger partial charge in [0.05, 0.1) is 7.11 Å². The molecular formula is C17H26N2O. The Kier molecular flexibility index (Phi) is 3.99. The third kappa shape index (κ3) is 2.70. The van der Waals surface area contributed by atoms with Gasteiger partial charge in [0.1, 0.15) is 5.75 Å². The van der Waals surface area contributed by atoms with E-state index in [0.717, 1.165) is 17.8 Å². The number of nitrogens with one attached hydrogen (secondary N) is 1. The van der Waals surface area contributed by atoms with Crippen molar-refractivity contribution >= 4 is 0 Å². The molecule has 0 radical (unpaired) electrons. The minimum atomic E-state index is 0.411. The molecule has 3 nitrogen and oxygen atoms in total. The maximum absolute atomic E-state index is 5.22. The molecule has 2 aliphatic rings. The zero-order chi connectivity index (χ0) is 14.1. The Hall–Kier alpha value is -1.06. The van der Waals surface area contributed by atoms with Gasteiger partial charge in [-0.05, 0) is 57.4 Å². The minimum absolute atomic E-state index is 0.411. The summed E-state index contributed by atoms with van der Waals surface area (Å²) in [5.74, 6) is 0.929. The summed E-state index contributed by atoms with van der Waals surface area (Å²) < 4.78 is 5.22. The molecule has 0 spiro atoms. The van der Waals surface area contributed by atoms with Crippen molar-refractivity contribution in [2.24, 2.45) is 0 Å². The number of hydrogen-bond donors (Lipinski definition) is 1. The van der Waals surface area contributed by atoms with Crippen LogP contribution in [-0.2, 0) is 0 Å². The third-order valence-corrected chi connectivity index (χ3v) is 5.20. The lowest BCUT2D eigenvalue weighted by molar-refractivity contribution is 0.144. The van der Waals surface area contributed by atoms with Gasteiger partial charge < -0.3 is 15.0 Å². The predicted octanol–water partition coefficient (Wildman–Crippen LogP) is 2.97. The average molecular weight is 274 g/mol. The van der Waals surface area contributed by atoms with Gasteiger partial charge in [-0.1, -0.05) is 12.1 Å². The van der Waals surface area contributed by atoms with E-state index in [1.165, 1.54) is 31.2 Å². The first-order chi connectivity index (χ1) is 9.67. The molecule has 3 heteroatoms. The van der Waals surface area contributed by atoms with E-state index in [4.69, 9.17) is 4.74 Å². The maximum Gasteiger partial charge on any atom is 0.118 e. The van der Waals surface area contributed by atoms with Crippen LogP contribution in [0.4, 0.5) is 0 Å². The van der Waals surface area contributed by atoms with Crippen LogP contribution in [-0.4, -0.2) is 37.2 Å². The number of fused-ring (bicyclic) bond motifs is 2. The van der Waals surface area contributed by atoms with E-state index in [1.54, 1.807) is 7.11 Å². The zero-order valence-corrected chi connectivity index (χ0v) is 12.8. The van der Waals surface area contributed by atoms with Gasteiger partial charge in [-0.3, -0.25) is 0 Å². The van der Waals surface area contributed by atoms with Gasteiger partial charge in [0.25, 0.3) is 0 Å². The Morgan fingerprint density at radius 3 is 2.30 bits per heavy atom. The molecule has 2 heterocycles. The van der Waals surface area contributed by atoms with Crippen LogP contribution in [0, 0.1) is 0 Å². The number of methoxy groups -OCH3 is 1. The second kappa shape index (κ2) is 5.74. The highest BCUT2D eigenvalue weighted by Gasteiger charge is 2.38.